The highest BCUT2D eigenvalue weighted by atomic mass is 32.1. The lowest BCUT2D eigenvalue weighted by molar-refractivity contribution is -0.385. The van der Waals surface area contributed by atoms with Crippen LogP contribution in [-0.2, 0) is 0 Å². The van der Waals surface area contributed by atoms with Crippen LogP contribution in [0.15, 0.2) is 51.9 Å². The largest absolute Gasteiger partial charge is 0.454 e. The summed E-state index contributed by atoms with van der Waals surface area (Å²) in [6.45, 7) is 3.89. The van der Waals surface area contributed by atoms with E-state index in [1.807, 2.05) is 19.2 Å². The SMILES string of the molecule is CC(C)N=c1scc(-c2ccc(F)cc2)n1N=Cc1cc2c(cc1[N+](=O)[O-])OCO2. The molecule has 0 spiro atoms. The number of hydrogen-bond donors (Lipinski definition) is 0. The van der Waals surface area contributed by atoms with E-state index in [0.717, 1.165) is 5.56 Å². The number of nitro groups is 1. The molecular weight excluding hydrogens is 411 g/mol. The van der Waals surface area contributed by atoms with Crippen molar-refractivity contribution in [1.29, 1.82) is 0 Å². The van der Waals surface area contributed by atoms with Gasteiger partial charge in [0.25, 0.3) is 5.69 Å². The summed E-state index contributed by atoms with van der Waals surface area (Å²) in [5.74, 6) is 0.403. The van der Waals surface area contributed by atoms with E-state index in [1.165, 1.54) is 41.8 Å². The van der Waals surface area contributed by atoms with Crippen molar-refractivity contribution in [2.45, 2.75) is 19.9 Å². The molecule has 1 aromatic heterocycles. The molecule has 2 aromatic carbocycles. The van der Waals surface area contributed by atoms with E-state index < -0.39 is 4.92 Å². The summed E-state index contributed by atoms with van der Waals surface area (Å²) in [7, 11) is 0. The number of aromatic nitrogens is 1. The highest BCUT2D eigenvalue weighted by Crippen LogP contribution is 2.37. The summed E-state index contributed by atoms with van der Waals surface area (Å²) in [5, 5.41) is 17.8. The highest BCUT2D eigenvalue weighted by molar-refractivity contribution is 7.07. The van der Waals surface area contributed by atoms with Crippen molar-refractivity contribution < 1.29 is 18.8 Å². The maximum Gasteiger partial charge on any atom is 0.282 e. The van der Waals surface area contributed by atoms with Gasteiger partial charge in [-0.15, -0.1) is 11.3 Å². The normalized spacial score (nSPS) is 13.5. The lowest BCUT2D eigenvalue weighted by atomic mass is 10.1. The van der Waals surface area contributed by atoms with Crippen LogP contribution in [0.25, 0.3) is 11.3 Å². The van der Waals surface area contributed by atoms with Gasteiger partial charge in [-0.3, -0.25) is 15.1 Å². The van der Waals surface area contributed by atoms with Crippen molar-refractivity contribution in [1.82, 2.24) is 4.68 Å². The van der Waals surface area contributed by atoms with Crippen molar-refractivity contribution in [3.63, 3.8) is 0 Å². The Labute approximate surface area is 174 Å². The van der Waals surface area contributed by atoms with E-state index in [4.69, 9.17) is 9.47 Å². The maximum absolute atomic E-state index is 13.3. The third kappa shape index (κ3) is 3.94. The van der Waals surface area contributed by atoms with Crippen molar-refractivity contribution in [2.24, 2.45) is 10.1 Å². The molecule has 0 bridgehead atoms. The zero-order valence-corrected chi connectivity index (χ0v) is 16.9. The Kier molecular flexibility index (Phi) is 5.32. The van der Waals surface area contributed by atoms with E-state index in [2.05, 4.69) is 10.1 Å². The Bertz CT molecular complexity index is 1200. The Morgan fingerprint density at radius 1 is 1.23 bits per heavy atom. The van der Waals surface area contributed by atoms with Crippen molar-refractivity contribution in [3.05, 3.63) is 68.1 Å². The molecule has 1 aliphatic rings. The fraction of sp³-hybridized carbons (Fsp3) is 0.200. The van der Waals surface area contributed by atoms with Gasteiger partial charge >= 0.3 is 0 Å². The summed E-state index contributed by atoms with van der Waals surface area (Å²) in [6, 6.07) is 8.88. The molecular formula is C20H17FN4O4S. The average molecular weight is 428 g/mol. The molecule has 3 aromatic rings. The van der Waals surface area contributed by atoms with Gasteiger partial charge < -0.3 is 9.47 Å². The number of nitrogens with zero attached hydrogens (tertiary/aromatic N) is 4. The number of halogens is 1. The topological polar surface area (TPSA) is 91.2 Å². The van der Waals surface area contributed by atoms with E-state index in [9.17, 15) is 14.5 Å². The molecule has 0 fully saturated rings. The first-order valence-electron chi connectivity index (χ1n) is 9.05. The lowest BCUT2D eigenvalue weighted by Gasteiger charge is -2.05. The van der Waals surface area contributed by atoms with Crippen LogP contribution < -0.4 is 14.3 Å². The van der Waals surface area contributed by atoms with Gasteiger partial charge in [-0.2, -0.15) is 5.10 Å². The van der Waals surface area contributed by atoms with Crippen LogP contribution in [0.2, 0.25) is 0 Å². The van der Waals surface area contributed by atoms with E-state index >= 15 is 0 Å². The van der Waals surface area contributed by atoms with Crippen molar-refractivity contribution in [2.75, 3.05) is 6.79 Å². The van der Waals surface area contributed by atoms with Gasteiger partial charge in [0, 0.05) is 17.0 Å². The molecule has 154 valence electrons. The monoisotopic (exact) mass is 428 g/mol. The molecule has 0 amide bonds. The number of nitro benzene ring substituents is 1. The molecule has 2 heterocycles. The maximum atomic E-state index is 13.3. The van der Waals surface area contributed by atoms with Gasteiger partial charge in [-0.25, -0.2) is 9.07 Å². The summed E-state index contributed by atoms with van der Waals surface area (Å²) < 4.78 is 25.5. The number of ether oxygens (including phenoxy) is 2. The predicted molar refractivity (Wildman–Crippen MR) is 111 cm³/mol. The molecule has 1 aliphatic heterocycles. The molecule has 0 N–H and O–H groups in total. The first-order chi connectivity index (χ1) is 14.4. The molecule has 0 radical (unpaired) electrons. The van der Waals surface area contributed by atoms with Gasteiger partial charge in [-0.05, 0) is 44.2 Å². The first kappa shape index (κ1) is 19.8. The quantitative estimate of drug-likeness (QED) is 0.346. The van der Waals surface area contributed by atoms with Crippen molar-refractivity contribution in [3.8, 4) is 22.8 Å². The van der Waals surface area contributed by atoms with E-state index in [-0.39, 0.29) is 29.9 Å². The van der Waals surface area contributed by atoms with E-state index in [1.54, 1.807) is 16.8 Å². The fourth-order valence-electron chi connectivity index (χ4n) is 2.87. The van der Waals surface area contributed by atoms with Gasteiger partial charge in [0.05, 0.1) is 28.5 Å². The van der Waals surface area contributed by atoms with Crippen LogP contribution in [0.5, 0.6) is 11.5 Å². The number of hydrogen-bond acceptors (Lipinski definition) is 7. The Morgan fingerprint density at radius 2 is 1.93 bits per heavy atom. The average Bonchev–Trinajstić information content (AvgIpc) is 3.32. The van der Waals surface area contributed by atoms with Gasteiger partial charge in [0.15, 0.2) is 11.5 Å². The summed E-state index contributed by atoms with van der Waals surface area (Å²) >= 11 is 1.38. The first-order valence-corrected chi connectivity index (χ1v) is 9.93. The van der Waals surface area contributed by atoms with Crippen LogP contribution in [0.1, 0.15) is 19.4 Å². The molecule has 0 saturated heterocycles. The molecule has 0 saturated carbocycles. The number of rotatable bonds is 5. The predicted octanol–water partition coefficient (Wildman–Crippen LogP) is 4.18. The zero-order valence-electron chi connectivity index (χ0n) is 16.1. The molecule has 0 aliphatic carbocycles. The highest BCUT2D eigenvalue weighted by Gasteiger charge is 2.22. The lowest BCUT2D eigenvalue weighted by Crippen LogP contribution is -2.14. The fourth-order valence-corrected chi connectivity index (χ4v) is 3.84. The zero-order chi connectivity index (χ0) is 21.3. The van der Waals surface area contributed by atoms with Crippen molar-refractivity contribution >= 4 is 23.2 Å². The van der Waals surface area contributed by atoms with Gasteiger partial charge in [0.1, 0.15) is 5.82 Å². The number of benzene rings is 2. The standard InChI is InChI=1S/C20H17FN4O4S/c1-12(2)23-20-24(17(10-30-20)13-3-5-15(21)6-4-13)22-9-14-7-18-19(29-11-28-18)8-16(14)25(26)27/h3-10,12H,11H2,1-2H3. The minimum atomic E-state index is -0.498. The van der Waals surface area contributed by atoms with Gasteiger partial charge in [0.2, 0.25) is 11.6 Å². The molecule has 0 unspecified atom stereocenters. The molecule has 10 heteroatoms. The Morgan fingerprint density at radius 3 is 2.60 bits per heavy atom. The van der Waals surface area contributed by atoms with Crippen LogP contribution in [-0.4, -0.2) is 28.6 Å². The molecule has 4 rings (SSSR count). The summed E-state index contributed by atoms with van der Waals surface area (Å²) in [5.41, 5.74) is 1.56. The smallest absolute Gasteiger partial charge is 0.282 e. The second kappa shape index (κ2) is 8.07. The van der Waals surface area contributed by atoms with Crippen LogP contribution >= 0.6 is 11.3 Å². The third-order valence-corrected chi connectivity index (χ3v) is 5.06. The molecule has 0 atom stereocenters. The second-order valence-electron chi connectivity index (χ2n) is 6.71. The summed E-state index contributed by atoms with van der Waals surface area (Å²) in [4.78, 5) is 16.2. The Hall–Kier alpha value is -3.53. The number of thiazole rings is 1. The van der Waals surface area contributed by atoms with E-state index in [0.29, 0.717) is 22.0 Å². The minimum absolute atomic E-state index is 0.0124. The van der Waals surface area contributed by atoms with Crippen LogP contribution in [0.4, 0.5) is 10.1 Å². The Balaban J connectivity index is 1.83. The van der Waals surface area contributed by atoms with Crippen LogP contribution in [0.3, 0.4) is 0 Å². The van der Waals surface area contributed by atoms with Gasteiger partial charge in [-0.1, -0.05) is 0 Å². The molecule has 30 heavy (non-hydrogen) atoms. The molecule has 8 nitrogen and oxygen atoms in total. The van der Waals surface area contributed by atoms with Crippen LogP contribution in [0, 0.1) is 15.9 Å². The number of fused-ring (bicyclic) bond motifs is 1. The second-order valence-corrected chi connectivity index (χ2v) is 7.55. The minimum Gasteiger partial charge on any atom is -0.454 e. The summed E-state index contributed by atoms with van der Waals surface area (Å²) in [6.07, 6.45) is 1.39. The third-order valence-electron chi connectivity index (χ3n) is 4.22.